The van der Waals surface area contributed by atoms with Crippen molar-refractivity contribution in [1.82, 2.24) is 5.32 Å². The summed E-state index contributed by atoms with van der Waals surface area (Å²) in [6.45, 7) is 1.16. The zero-order chi connectivity index (χ0) is 20.2. The molecule has 2 N–H and O–H groups in total. The van der Waals surface area contributed by atoms with Gasteiger partial charge in [0.1, 0.15) is 6.10 Å². The van der Waals surface area contributed by atoms with Crippen molar-refractivity contribution in [2.24, 2.45) is 0 Å². The number of esters is 1. The number of rotatable bonds is 6. The third-order valence-electron chi connectivity index (χ3n) is 5.11. The Balaban J connectivity index is 1.40. The van der Waals surface area contributed by atoms with E-state index in [2.05, 4.69) is 10.6 Å². The number of ether oxygens (including phenoxy) is 2. The maximum atomic E-state index is 12.6. The molecule has 1 saturated heterocycles. The van der Waals surface area contributed by atoms with Gasteiger partial charge in [0, 0.05) is 18.7 Å². The number of cyclic esters (lactones) is 1. The van der Waals surface area contributed by atoms with Crippen molar-refractivity contribution in [2.45, 2.75) is 31.5 Å². The van der Waals surface area contributed by atoms with Crippen LogP contribution in [0.25, 0.3) is 0 Å². The molecule has 2 aliphatic heterocycles. The van der Waals surface area contributed by atoms with Gasteiger partial charge in [-0.2, -0.15) is 0 Å². The average molecular weight is 394 g/mol. The van der Waals surface area contributed by atoms with Gasteiger partial charge in [-0.05, 0) is 31.0 Å². The van der Waals surface area contributed by atoms with Crippen LogP contribution in [0.4, 0.5) is 5.69 Å². The number of nitrogens with one attached hydrogen (secondary N) is 2. The molecule has 2 aromatic rings. The van der Waals surface area contributed by atoms with Crippen molar-refractivity contribution >= 4 is 23.5 Å². The third kappa shape index (κ3) is 4.30. The van der Waals surface area contributed by atoms with Crippen LogP contribution in [0.5, 0.6) is 0 Å². The lowest BCUT2D eigenvalue weighted by Crippen LogP contribution is -2.32. The molecule has 0 bridgehead atoms. The van der Waals surface area contributed by atoms with Gasteiger partial charge in [-0.1, -0.05) is 30.3 Å². The van der Waals surface area contributed by atoms with Crippen LogP contribution in [0, 0.1) is 0 Å². The first-order valence-corrected chi connectivity index (χ1v) is 9.70. The average Bonchev–Trinajstić information content (AvgIpc) is 3.35. The van der Waals surface area contributed by atoms with Gasteiger partial charge < -0.3 is 20.1 Å². The van der Waals surface area contributed by atoms with Gasteiger partial charge >= 0.3 is 5.97 Å². The number of hydrogen-bond donors (Lipinski definition) is 2. The molecule has 7 nitrogen and oxygen atoms in total. The highest BCUT2D eigenvalue weighted by atomic mass is 16.5. The number of carbonyl (C=O) groups is 3. The smallest absolute Gasteiger partial charge is 0.339 e. The Morgan fingerprint density at radius 2 is 1.86 bits per heavy atom. The molecule has 2 amide bonds. The minimum atomic E-state index is -0.626. The number of anilines is 1. The topological polar surface area (TPSA) is 93.7 Å². The first-order chi connectivity index (χ1) is 14.1. The second-order valence-electron chi connectivity index (χ2n) is 7.12. The van der Waals surface area contributed by atoms with Crippen LogP contribution >= 0.6 is 0 Å². The van der Waals surface area contributed by atoms with Crippen molar-refractivity contribution in [3.8, 4) is 0 Å². The molecule has 2 aliphatic rings. The highest BCUT2D eigenvalue weighted by Crippen LogP contribution is 2.33. The van der Waals surface area contributed by atoms with E-state index in [4.69, 9.17) is 9.47 Å². The number of benzene rings is 2. The Morgan fingerprint density at radius 3 is 2.69 bits per heavy atom. The third-order valence-corrected chi connectivity index (χ3v) is 5.11. The lowest BCUT2D eigenvalue weighted by atomic mass is 10.0. The fourth-order valence-corrected chi connectivity index (χ4v) is 3.64. The number of fused-ring (bicyclic) bond motifs is 1. The van der Waals surface area contributed by atoms with E-state index in [1.54, 1.807) is 48.5 Å². The van der Waals surface area contributed by atoms with Crippen molar-refractivity contribution in [1.29, 1.82) is 0 Å². The zero-order valence-corrected chi connectivity index (χ0v) is 15.9. The summed E-state index contributed by atoms with van der Waals surface area (Å²) in [6, 6.07) is 13.9. The molecule has 4 rings (SSSR count). The Kier molecular flexibility index (Phi) is 5.57. The number of amides is 2. The molecule has 2 atom stereocenters. The molecular weight excluding hydrogens is 372 g/mol. The quantitative estimate of drug-likeness (QED) is 0.735. The first-order valence-electron chi connectivity index (χ1n) is 9.70. The summed E-state index contributed by atoms with van der Waals surface area (Å²) in [5, 5.41) is 5.63. The van der Waals surface area contributed by atoms with Crippen LogP contribution in [-0.2, 0) is 14.3 Å². The summed E-state index contributed by atoms with van der Waals surface area (Å²) in [5.41, 5.74) is 1.98. The zero-order valence-electron chi connectivity index (χ0n) is 15.9. The first kappa shape index (κ1) is 19.1. The number of carbonyl (C=O) groups excluding carboxylic acids is 3. The van der Waals surface area contributed by atoms with Crippen LogP contribution in [0.15, 0.2) is 48.5 Å². The number of hydrogen-bond acceptors (Lipinski definition) is 5. The van der Waals surface area contributed by atoms with Gasteiger partial charge in [-0.15, -0.1) is 0 Å². The Labute approximate surface area is 168 Å². The lowest BCUT2D eigenvalue weighted by Gasteiger charge is -2.15. The summed E-state index contributed by atoms with van der Waals surface area (Å²) in [5.74, 6) is -1.03. The summed E-state index contributed by atoms with van der Waals surface area (Å²) >= 11 is 0. The fourth-order valence-electron chi connectivity index (χ4n) is 3.64. The van der Waals surface area contributed by atoms with Crippen molar-refractivity contribution in [2.75, 3.05) is 18.5 Å². The fraction of sp³-hybridized carbons (Fsp3) is 0.318. The van der Waals surface area contributed by atoms with Gasteiger partial charge in [-0.3, -0.25) is 9.59 Å². The Hall–Kier alpha value is -3.19. The second kappa shape index (κ2) is 8.45. The highest BCUT2D eigenvalue weighted by molar-refractivity contribution is 6.04. The van der Waals surface area contributed by atoms with Gasteiger partial charge in [0.15, 0.2) is 0 Å². The molecule has 2 aromatic carbocycles. The molecular formula is C22H22N2O5. The van der Waals surface area contributed by atoms with Crippen molar-refractivity contribution in [3.05, 3.63) is 65.2 Å². The van der Waals surface area contributed by atoms with Crippen LogP contribution in [0.1, 0.15) is 51.6 Å². The SMILES string of the molecule is O=C(C[C@@H]1OC(=O)c2ccccc21)Nc1ccccc1C(=O)NC[C@@H]1CCCO1. The van der Waals surface area contributed by atoms with E-state index in [1.165, 1.54) is 0 Å². The normalized spacial score (nSPS) is 20.1. The molecule has 29 heavy (non-hydrogen) atoms. The summed E-state index contributed by atoms with van der Waals surface area (Å²) in [6.07, 6.45) is 1.33. The predicted molar refractivity (Wildman–Crippen MR) is 106 cm³/mol. The molecule has 1 fully saturated rings. The molecule has 0 saturated carbocycles. The molecule has 2 heterocycles. The molecule has 0 aliphatic carbocycles. The van der Waals surface area contributed by atoms with Crippen LogP contribution in [0.2, 0.25) is 0 Å². The van der Waals surface area contributed by atoms with E-state index in [0.29, 0.717) is 28.9 Å². The van der Waals surface area contributed by atoms with Crippen LogP contribution < -0.4 is 10.6 Å². The maximum Gasteiger partial charge on any atom is 0.339 e. The van der Waals surface area contributed by atoms with Crippen molar-refractivity contribution in [3.63, 3.8) is 0 Å². The van der Waals surface area contributed by atoms with E-state index < -0.39 is 12.1 Å². The van der Waals surface area contributed by atoms with E-state index >= 15 is 0 Å². The number of para-hydroxylation sites is 1. The van der Waals surface area contributed by atoms with Gasteiger partial charge in [0.05, 0.1) is 29.3 Å². The molecule has 7 heteroatoms. The standard InChI is InChI=1S/C22H22N2O5/c25-20(12-19-15-7-1-2-8-16(15)22(27)29-19)24-18-10-4-3-9-17(18)21(26)23-13-14-6-5-11-28-14/h1-4,7-10,14,19H,5-6,11-13H2,(H,23,26)(H,24,25)/t14-,19-/m0/s1. The molecule has 0 spiro atoms. The lowest BCUT2D eigenvalue weighted by molar-refractivity contribution is -0.118. The second-order valence-corrected chi connectivity index (χ2v) is 7.12. The minimum absolute atomic E-state index is 0.0192. The van der Waals surface area contributed by atoms with E-state index in [-0.39, 0.29) is 24.3 Å². The van der Waals surface area contributed by atoms with Crippen LogP contribution in [0.3, 0.4) is 0 Å². The van der Waals surface area contributed by atoms with Crippen molar-refractivity contribution < 1.29 is 23.9 Å². The predicted octanol–water partition coefficient (Wildman–Crippen LogP) is 2.84. The molecule has 0 radical (unpaired) electrons. The molecule has 0 aromatic heterocycles. The summed E-state index contributed by atoms with van der Waals surface area (Å²) in [4.78, 5) is 37.1. The van der Waals surface area contributed by atoms with Gasteiger partial charge in [0.2, 0.25) is 5.91 Å². The van der Waals surface area contributed by atoms with E-state index in [0.717, 1.165) is 19.4 Å². The highest BCUT2D eigenvalue weighted by Gasteiger charge is 2.32. The van der Waals surface area contributed by atoms with Crippen LogP contribution in [-0.4, -0.2) is 37.0 Å². The molecule has 150 valence electrons. The summed E-state index contributed by atoms with van der Waals surface area (Å²) in [7, 11) is 0. The largest absolute Gasteiger partial charge is 0.453 e. The van der Waals surface area contributed by atoms with E-state index in [1.807, 2.05) is 0 Å². The summed E-state index contributed by atoms with van der Waals surface area (Å²) < 4.78 is 10.8. The van der Waals surface area contributed by atoms with Gasteiger partial charge in [0.25, 0.3) is 5.91 Å². The minimum Gasteiger partial charge on any atom is -0.453 e. The van der Waals surface area contributed by atoms with E-state index in [9.17, 15) is 14.4 Å². The van der Waals surface area contributed by atoms with Gasteiger partial charge in [-0.25, -0.2) is 4.79 Å². The Morgan fingerprint density at radius 1 is 1.07 bits per heavy atom. The Bertz CT molecular complexity index is 936. The molecule has 0 unspecified atom stereocenters. The maximum absolute atomic E-state index is 12.6. The monoisotopic (exact) mass is 394 g/mol.